The molecule has 0 fully saturated rings. The summed E-state index contributed by atoms with van der Waals surface area (Å²) in [5.41, 5.74) is 3.15. The number of nitrogens with zero attached hydrogens (tertiary/aromatic N) is 1. The molecule has 0 atom stereocenters. The molecule has 0 aliphatic carbocycles. The smallest absolute Gasteiger partial charge is 0.224 e. The number of aryl methyl sites for hydroxylation is 2. The molecule has 1 amide bonds. The van der Waals surface area contributed by atoms with Crippen molar-refractivity contribution >= 4 is 11.6 Å². The van der Waals surface area contributed by atoms with Gasteiger partial charge in [-0.2, -0.15) is 0 Å². The number of rotatable bonds is 8. The maximum atomic E-state index is 12.1. The Morgan fingerprint density at radius 2 is 1.81 bits per heavy atom. The van der Waals surface area contributed by atoms with E-state index in [2.05, 4.69) is 29.4 Å². The second-order valence-corrected chi connectivity index (χ2v) is 6.33. The van der Waals surface area contributed by atoms with E-state index in [4.69, 9.17) is 4.42 Å². The number of carbonyl (C=O) groups is 1. The predicted octanol–water partition coefficient (Wildman–Crippen LogP) is 5.26. The molecule has 4 nitrogen and oxygen atoms in total. The number of hydrogen-bond donors (Lipinski definition) is 1. The number of benzene rings is 2. The van der Waals surface area contributed by atoms with Crippen LogP contribution in [0.25, 0.3) is 11.3 Å². The topological polar surface area (TPSA) is 55.1 Å². The van der Waals surface area contributed by atoms with Gasteiger partial charge in [0.05, 0.1) is 6.20 Å². The Morgan fingerprint density at radius 1 is 1.04 bits per heavy atom. The third-order valence-electron chi connectivity index (χ3n) is 4.18. The van der Waals surface area contributed by atoms with Crippen LogP contribution in [0.1, 0.15) is 37.6 Å². The van der Waals surface area contributed by atoms with E-state index in [0.29, 0.717) is 25.2 Å². The molecule has 0 aliphatic rings. The zero-order valence-corrected chi connectivity index (χ0v) is 15.1. The number of carbonyl (C=O) groups excluding carboxylic acids is 1. The molecule has 4 heteroatoms. The van der Waals surface area contributed by atoms with Crippen LogP contribution in [0.2, 0.25) is 0 Å². The molecule has 3 rings (SSSR count). The van der Waals surface area contributed by atoms with Gasteiger partial charge in [0.1, 0.15) is 0 Å². The lowest BCUT2D eigenvalue weighted by atomic mass is 10.1. The molecular weight excluding hydrogens is 324 g/mol. The minimum atomic E-state index is 0.0167. The van der Waals surface area contributed by atoms with Crippen molar-refractivity contribution < 1.29 is 9.21 Å². The molecule has 26 heavy (non-hydrogen) atoms. The van der Waals surface area contributed by atoms with Gasteiger partial charge >= 0.3 is 0 Å². The molecule has 1 heterocycles. The van der Waals surface area contributed by atoms with Gasteiger partial charge in [-0.3, -0.25) is 4.79 Å². The van der Waals surface area contributed by atoms with Crippen LogP contribution in [0.4, 0.5) is 5.69 Å². The average Bonchev–Trinajstić information content (AvgIpc) is 3.13. The fraction of sp³-hybridized carbons (Fsp3) is 0.273. The summed E-state index contributed by atoms with van der Waals surface area (Å²) in [6.07, 6.45) is 5.72. The number of hydrogen-bond acceptors (Lipinski definition) is 3. The predicted molar refractivity (Wildman–Crippen MR) is 104 cm³/mol. The van der Waals surface area contributed by atoms with Crippen LogP contribution in [-0.4, -0.2) is 10.9 Å². The van der Waals surface area contributed by atoms with Crippen molar-refractivity contribution in [3.63, 3.8) is 0 Å². The molecule has 0 saturated carbocycles. The van der Waals surface area contributed by atoms with Gasteiger partial charge in [0.25, 0.3) is 0 Å². The van der Waals surface area contributed by atoms with Gasteiger partial charge in [-0.15, -0.1) is 0 Å². The summed E-state index contributed by atoms with van der Waals surface area (Å²) < 4.78 is 5.76. The van der Waals surface area contributed by atoms with Gasteiger partial charge in [0.15, 0.2) is 11.7 Å². The Labute approximate surface area is 154 Å². The Kier molecular flexibility index (Phi) is 6.20. The van der Waals surface area contributed by atoms with Crippen molar-refractivity contribution in [1.82, 2.24) is 4.98 Å². The summed E-state index contributed by atoms with van der Waals surface area (Å²) in [6.45, 7) is 2.16. The maximum absolute atomic E-state index is 12.1. The third kappa shape index (κ3) is 5.06. The van der Waals surface area contributed by atoms with Gasteiger partial charge in [0, 0.05) is 24.1 Å². The molecule has 0 aliphatic heterocycles. The van der Waals surface area contributed by atoms with E-state index < -0.39 is 0 Å². The monoisotopic (exact) mass is 348 g/mol. The number of amides is 1. The van der Waals surface area contributed by atoms with E-state index in [1.165, 1.54) is 5.56 Å². The molecule has 134 valence electrons. The Hall–Kier alpha value is -2.88. The first-order chi connectivity index (χ1) is 12.7. The summed E-state index contributed by atoms with van der Waals surface area (Å²) in [6, 6.07) is 17.9. The molecule has 1 N–H and O–H groups in total. The van der Waals surface area contributed by atoms with Gasteiger partial charge in [-0.25, -0.2) is 4.98 Å². The van der Waals surface area contributed by atoms with Crippen LogP contribution in [0.3, 0.4) is 0 Å². The Bertz CT molecular complexity index is 823. The van der Waals surface area contributed by atoms with Crippen molar-refractivity contribution in [2.75, 3.05) is 5.32 Å². The highest BCUT2D eigenvalue weighted by molar-refractivity contribution is 5.90. The molecule has 1 aromatic heterocycles. The number of anilines is 1. The van der Waals surface area contributed by atoms with Gasteiger partial charge in [0.2, 0.25) is 5.91 Å². The Morgan fingerprint density at radius 3 is 2.54 bits per heavy atom. The lowest BCUT2D eigenvalue weighted by molar-refractivity contribution is -0.116. The second-order valence-electron chi connectivity index (χ2n) is 6.33. The molecule has 2 aromatic carbocycles. The van der Waals surface area contributed by atoms with Crippen molar-refractivity contribution in [2.45, 2.75) is 39.0 Å². The van der Waals surface area contributed by atoms with E-state index in [-0.39, 0.29) is 5.91 Å². The van der Waals surface area contributed by atoms with Crippen LogP contribution in [0.5, 0.6) is 0 Å². The molecule has 0 radical (unpaired) electrons. The van der Waals surface area contributed by atoms with E-state index in [1.54, 1.807) is 6.20 Å². The summed E-state index contributed by atoms with van der Waals surface area (Å²) in [5, 5.41) is 2.94. The highest BCUT2D eigenvalue weighted by Crippen LogP contribution is 2.20. The lowest BCUT2D eigenvalue weighted by Crippen LogP contribution is -2.11. The fourth-order valence-corrected chi connectivity index (χ4v) is 2.83. The van der Waals surface area contributed by atoms with Gasteiger partial charge < -0.3 is 9.73 Å². The number of oxazole rings is 1. The minimum absolute atomic E-state index is 0.0167. The van der Waals surface area contributed by atoms with Crippen LogP contribution in [-0.2, 0) is 17.6 Å². The minimum Gasteiger partial charge on any atom is -0.441 e. The highest BCUT2D eigenvalue weighted by atomic mass is 16.4. The third-order valence-corrected chi connectivity index (χ3v) is 4.18. The number of nitrogens with one attached hydrogen (secondary N) is 1. The molecular formula is C22H24N2O2. The van der Waals surface area contributed by atoms with E-state index in [0.717, 1.165) is 29.9 Å². The summed E-state index contributed by atoms with van der Waals surface area (Å²) in [4.78, 5) is 16.4. The SMILES string of the molecule is CCCc1ccc(NC(=O)CCCc2ncc(-c3ccccc3)o2)cc1. The second kappa shape index (κ2) is 8.99. The molecule has 0 saturated heterocycles. The van der Waals surface area contributed by atoms with Crippen molar-refractivity contribution in [1.29, 1.82) is 0 Å². The van der Waals surface area contributed by atoms with Gasteiger partial charge in [-0.05, 0) is 30.5 Å². The van der Waals surface area contributed by atoms with Crippen molar-refractivity contribution in [3.05, 3.63) is 72.2 Å². The maximum Gasteiger partial charge on any atom is 0.224 e. The quantitative estimate of drug-likeness (QED) is 0.604. The van der Waals surface area contributed by atoms with E-state index in [1.807, 2.05) is 42.5 Å². The van der Waals surface area contributed by atoms with E-state index >= 15 is 0 Å². The van der Waals surface area contributed by atoms with Crippen molar-refractivity contribution in [3.8, 4) is 11.3 Å². The van der Waals surface area contributed by atoms with Crippen LogP contribution in [0, 0.1) is 0 Å². The summed E-state index contributed by atoms with van der Waals surface area (Å²) in [5.74, 6) is 1.45. The summed E-state index contributed by atoms with van der Waals surface area (Å²) in [7, 11) is 0. The lowest BCUT2D eigenvalue weighted by Gasteiger charge is -2.06. The summed E-state index contributed by atoms with van der Waals surface area (Å²) >= 11 is 0. The first kappa shape index (κ1) is 17.9. The van der Waals surface area contributed by atoms with Crippen LogP contribution < -0.4 is 5.32 Å². The fourth-order valence-electron chi connectivity index (χ4n) is 2.83. The first-order valence-corrected chi connectivity index (χ1v) is 9.13. The molecule has 0 bridgehead atoms. The largest absolute Gasteiger partial charge is 0.441 e. The van der Waals surface area contributed by atoms with Gasteiger partial charge in [-0.1, -0.05) is 55.8 Å². The molecule has 3 aromatic rings. The van der Waals surface area contributed by atoms with Crippen LogP contribution in [0.15, 0.2) is 65.2 Å². The number of aromatic nitrogens is 1. The molecule has 0 unspecified atom stereocenters. The normalized spacial score (nSPS) is 10.7. The average molecular weight is 348 g/mol. The zero-order valence-electron chi connectivity index (χ0n) is 15.1. The van der Waals surface area contributed by atoms with E-state index in [9.17, 15) is 4.79 Å². The highest BCUT2D eigenvalue weighted by Gasteiger charge is 2.08. The molecule has 0 spiro atoms. The zero-order chi connectivity index (χ0) is 18.2. The van der Waals surface area contributed by atoms with Crippen LogP contribution >= 0.6 is 0 Å². The first-order valence-electron chi connectivity index (χ1n) is 9.13. The standard InChI is InChI=1S/C22H24N2O2/c1-2-7-17-12-14-19(15-13-17)24-21(25)10-6-11-22-23-16-20(26-22)18-8-4-3-5-9-18/h3-5,8-9,12-16H,2,6-7,10-11H2,1H3,(H,24,25). The Balaban J connectivity index is 1.44. The van der Waals surface area contributed by atoms with Crippen molar-refractivity contribution in [2.24, 2.45) is 0 Å².